The molecule has 0 spiro atoms. The van der Waals surface area contributed by atoms with E-state index in [9.17, 15) is 14.9 Å². The third-order valence-electron chi connectivity index (χ3n) is 3.34. The van der Waals surface area contributed by atoms with E-state index in [4.69, 9.17) is 0 Å². The Balaban J connectivity index is 1.87. The van der Waals surface area contributed by atoms with Crippen molar-refractivity contribution in [2.24, 2.45) is 0 Å². The molecule has 9 heteroatoms. The molecule has 0 fully saturated rings. The molecule has 0 atom stereocenters. The minimum Gasteiger partial charge on any atom is -0.321 e. The number of anilines is 1. The number of thiazole rings is 1. The Morgan fingerprint density at radius 3 is 2.73 bits per heavy atom. The van der Waals surface area contributed by atoms with Gasteiger partial charge in [0.2, 0.25) is 0 Å². The van der Waals surface area contributed by atoms with Crippen LogP contribution in [0.2, 0.25) is 0 Å². The van der Waals surface area contributed by atoms with Crippen LogP contribution in [0, 0.1) is 17.0 Å². The number of carbonyl (C=O) groups is 1. The summed E-state index contributed by atoms with van der Waals surface area (Å²) in [5, 5.41) is 16.1. The molecular weight excluding hydrogens is 438 g/mol. The van der Waals surface area contributed by atoms with Crippen LogP contribution in [-0.2, 0) is 0 Å². The largest absolute Gasteiger partial charge is 0.321 e. The van der Waals surface area contributed by atoms with Crippen LogP contribution in [-0.4, -0.2) is 15.8 Å². The Kier molecular flexibility index (Phi) is 5.70. The van der Waals surface area contributed by atoms with Gasteiger partial charge in [0, 0.05) is 27.2 Å². The van der Waals surface area contributed by atoms with E-state index in [1.54, 1.807) is 30.3 Å². The van der Waals surface area contributed by atoms with Gasteiger partial charge >= 0.3 is 0 Å². The lowest BCUT2D eigenvalue weighted by molar-refractivity contribution is -0.387. The van der Waals surface area contributed by atoms with Crippen molar-refractivity contribution in [1.29, 1.82) is 0 Å². The zero-order valence-corrected chi connectivity index (χ0v) is 16.7. The van der Waals surface area contributed by atoms with Crippen molar-refractivity contribution in [2.45, 2.75) is 16.2 Å². The van der Waals surface area contributed by atoms with Crippen molar-refractivity contribution in [2.75, 3.05) is 5.32 Å². The van der Waals surface area contributed by atoms with Gasteiger partial charge in [-0.25, -0.2) is 4.98 Å². The average Bonchev–Trinajstić information content (AvgIpc) is 3.02. The molecule has 1 heterocycles. The molecule has 2 aromatic carbocycles. The molecule has 0 saturated heterocycles. The second-order valence-electron chi connectivity index (χ2n) is 5.23. The Morgan fingerprint density at radius 2 is 2.08 bits per heavy atom. The number of rotatable bonds is 5. The van der Waals surface area contributed by atoms with Crippen LogP contribution >= 0.6 is 39.0 Å². The highest BCUT2D eigenvalue weighted by Gasteiger charge is 2.20. The number of nitro benzene ring substituents is 1. The lowest BCUT2D eigenvalue weighted by Gasteiger charge is -2.08. The fourth-order valence-electron chi connectivity index (χ4n) is 2.12. The predicted molar refractivity (Wildman–Crippen MR) is 106 cm³/mol. The number of aryl methyl sites for hydroxylation is 1. The number of carbonyl (C=O) groups excluding carboxylic acids is 1. The lowest BCUT2D eigenvalue weighted by atomic mass is 10.2. The van der Waals surface area contributed by atoms with Crippen molar-refractivity contribution >= 4 is 56.3 Å². The average molecular weight is 450 g/mol. The van der Waals surface area contributed by atoms with Crippen LogP contribution in [0.5, 0.6) is 0 Å². The third kappa shape index (κ3) is 4.29. The maximum absolute atomic E-state index is 12.4. The first-order valence-corrected chi connectivity index (χ1v) is 9.87. The summed E-state index contributed by atoms with van der Waals surface area (Å²) in [6.45, 7) is 1.87. The van der Waals surface area contributed by atoms with E-state index in [0.717, 1.165) is 14.5 Å². The van der Waals surface area contributed by atoms with Gasteiger partial charge in [-0.1, -0.05) is 23.9 Å². The number of benzene rings is 2. The minimum absolute atomic E-state index is 0.123. The summed E-state index contributed by atoms with van der Waals surface area (Å²) in [6, 6.07) is 11.6. The van der Waals surface area contributed by atoms with Crippen LogP contribution in [0.3, 0.4) is 0 Å². The summed E-state index contributed by atoms with van der Waals surface area (Å²) in [6.07, 6.45) is 0. The topological polar surface area (TPSA) is 85.1 Å². The molecule has 0 unspecified atom stereocenters. The lowest BCUT2D eigenvalue weighted by Crippen LogP contribution is -2.12. The molecule has 0 aliphatic carbocycles. The van der Waals surface area contributed by atoms with E-state index in [2.05, 4.69) is 26.2 Å². The molecule has 0 radical (unpaired) electrons. The number of para-hydroxylation sites is 1. The third-order valence-corrected chi connectivity index (χ3v) is 6.15. The molecule has 0 aliphatic heterocycles. The molecule has 1 N–H and O–H groups in total. The van der Waals surface area contributed by atoms with E-state index >= 15 is 0 Å². The number of aromatic nitrogens is 1. The summed E-state index contributed by atoms with van der Waals surface area (Å²) in [5.41, 5.74) is 1.55. The standard InChI is InChI=1S/C17H12BrN3O3S2/c1-10-9-25-17(19-10)26-15-7-6-11(8-14(15)21(23)24)16(22)20-13-5-3-2-4-12(13)18/h2-9H,1H3,(H,20,22). The maximum Gasteiger partial charge on any atom is 0.284 e. The molecule has 26 heavy (non-hydrogen) atoms. The van der Waals surface area contributed by atoms with Gasteiger partial charge in [-0.05, 0) is 47.1 Å². The second kappa shape index (κ2) is 7.98. The van der Waals surface area contributed by atoms with Crippen LogP contribution in [0.1, 0.15) is 16.1 Å². The number of halogens is 1. The minimum atomic E-state index is -0.488. The Morgan fingerprint density at radius 1 is 1.31 bits per heavy atom. The van der Waals surface area contributed by atoms with E-state index in [0.29, 0.717) is 10.6 Å². The number of nitro groups is 1. The monoisotopic (exact) mass is 449 g/mol. The molecule has 6 nitrogen and oxygen atoms in total. The predicted octanol–water partition coefficient (Wildman–Crippen LogP) is 5.53. The zero-order chi connectivity index (χ0) is 18.7. The number of nitrogens with one attached hydrogen (secondary N) is 1. The highest BCUT2D eigenvalue weighted by Crippen LogP contribution is 2.37. The normalized spacial score (nSPS) is 10.5. The van der Waals surface area contributed by atoms with Gasteiger partial charge in [-0.2, -0.15) is 0 Å². The van der Waals surface area contributed by atoms with Crippen molar-refractivity contribution in [3.05, 3.63) is 73.7 Å². The van der Waals surface area contributed by atoms with E-state index in [1.807, 2.05) is 18.4 Å². The number of nitrogens with zero attached hydrogens (tertiary/aromatic N) is 2. The van der Waals surface area contributed by atoms with E-state index in [1.165, 1.54) is 29.2 Å². The summed E-state index contributed by atoms with van der Waals surface area (Å²) in [5.74, 6) is -0.415. The fourth-order valence-corrected chi connectivity index (χ4v) is 4.38. The van der Waals surface area contributed by atoms with Crippen LogP contribution in [0.25, 0.3) is 0 Å². The molecule has 0 bridgehead atoms. The quantitative estimate of drug-likeness (QED) is 0.408. The zero-order valence-electron chi connectivity index (χ0n) is 13.4. The Hall–Kier alpha value is -2.23. The first-order valence-electron chi connectivity index (χ1n) is 7.38. The van der Waals surface area contributed by atoms with Gasteiger partial charge in [0.15, 0.2) is 4.34 Å². The van der Waals surface area contributed by atoms with Gasteiger partial charge in [-0.3, -0.25) is 14.9 Å². The summed E-state index contributed by atoms with van der Waals surface area (Å²) in [4.78, 5) is 28.1. The fraction of sp³-hybridized carbons (Fsp3) is 0.0588. The van der Waals surface area contributed by atoms with E-state index in [-0.39, 0.29) is 11.3 Å². The second-order valence-corrected chi connectivity index (χ2v) is 8.23. The smallest absolute Gasteiger partial charge is 0.284 e. The number of hydrogen-bond acceptors (Lipinski definition) is 6. The molecule has 1 aromatic heterocycles. The van der Waals surface area contributed by atoms with Crippen molar-refractivity contribution < 1.29 is 9.72 Å². The summed E-state index contributed by atoms with van der Waals surface area (Å²) < 4.78 is 1.45. The number of amides is 1. The molecule has 132 valence electrons. The number of hydrogen-bond donors (Lipinski definition) is 1. The SMILES string of the molecule is Cc1csc(Sc2ccc(C(=O)Nc3ccccc3Br)cc2[N+](=O)[O-])n1. The highest BCUT2D eigenvalue weighted by molar-refractivity contribution is 9.10. The highest BCUT2D eigenvalue weighted by atomic mass is 79.9. The van der Waals surface area contributed by atoms with Crippen molar-refractivity contribution in [1.82, 2.24) is 4.98 Å². The summed E-state index contributed by atoms with van der Waals surface area (Å²) in [7, 11) is 0. The first-order chi connectivity index (χ1) is 12.4. The molecule has 0 aliphatic rings. The molecule has 0 saturated carbocycles. The molecule has 3 rings (SSSR count). The van der Waals surface area contributed by atoms with Crippen LogP contribution < -0.4 is 5.32 Å². The van der Waals surface area contributed by atoms with Gasteiger partial charge in [0.25, 0.3) is 11.6 Å². The van der Waals surface area contributed by atoms with Gasteiger partial charge in [0.1, 0.15) is 0 Å². The first kappa shape index (κ1) is 18.6. The van der Waals surface area contributed by atoms with E-state index < -0.39 is 10.8 Å². The van der Waals surface area contributed by atoms with Gasteiger partial charge in [-0.15, -0.1) is 11.3 Å². The van der Waals surface area contributed by atoms with Gasteiger partial charge < -0.3 is 5.32 Å². The van der Waals surface area contributed by atoms with Crippen LogP contribution in [0.15, 0.2) is 61.6 Å². The van der Waals surface area contributed by atoms with Gasteiger partial charge in [0.05, 0.1) is 15.5 Å². The van der Waals surface area contributed by atoms with Crippen molar-refractivity contribution in [3.63, 3.8) is 0 Å². The summed E-state index contributed by atoms with van der Waals surface area (Å²) >= 11 is 5.99. The van der Waals surface area contributed by atoms with Crippen LogP contribution in [0.4, 0.5) is 11.4 Å². The van der Waals surface area contributed by atoms with Crippen molar-refractivity contribution in [3.8, 4) is 0 Å². The molecule has 3 aromatic rings. The molecular formula is C17H12BrN3O3S2. The maximum atomic E-state index is 12.4. The Labute approximate surface area is 165 Å². The Bertz CT molecular complexity index is 991. The molecule has 1 amide bonds.